The molecule has 3 aromatic rings. The van der Waals surface area contributed by atoms with Gasteiger partial charge in [-0.1, -0.05) is 0 Å². The Balaban J connectivity index is 2.01. The Kier molecular flexibility index (Phi) is 3.31. The zero-order chi connectivity index (χ0) is 14.8. The molecule has 21 heavy (non-hydrogen) atoms. The van der Waals surface area contributed by atoms with E-state index in [1.807, 2.05) is 43.3 Å². The second kappa shape index (κ2) is 5.28. The highest BCUT2D eigenvalue weighted by molar-refractivity contribution is 5.72. The molecule has 0 radical (unpaired) electrons. The van der Waals surface area contributed by atoms with E-state index in [2.05, 4.69) is 10.1 Å². The lowest BCUT2D eigenvalue weighted by Crippen LogP contribution is -1.98. The van der Waals surface area contributed by atoms with Gasteiger partial charge in [-0.25, -0.2) is 9.67 Å². The lowest BCUT2D eigenvalue weighted by molar-refractivity contribution is 0.415. The highest BCUT2D eigenvalue weighted by Gasteiger charge is 2.10. The fourth-order valence-corrected chi connectivity index (χ4v) is 2.12. The molecular weight excluding hydrogens is 264 g/mol. The Hall–Kier alpha value is -2.82. The van der Waals surface area contributed by atoms with Crippen LogP contribution in [0.15, 0.2) is 48.8 Å². The van der Waals surface area contributed by atoms with Gasteiger partial charge in [-0.2, -0.15) is 5.10 Å². The summed E-state index contributed by atoms with van der Waals surface area (Å²) < 4.78 is 6.85. The minimum Gasteiger partial charge on any atom is -0.497 e. The third-order valence-electron chi connectivity index (χ3n) is 3.24. The summed E-state index contributed by atoms with van der Waals surface area (Å²) in [6, 6.07) is 11.6. The van der Waals surface area contributed by atoms with Crippen LogP contribution in [0.2, 0.25) is 0 Å². The molecule has 0 aliphatic rings. The Morgan fingerprint density at radius 1 is 1.14 bits per heavy atom. The SMILES string of the molecule is COc1ccc(-c2nn(-c3cc(C)ccn3)cc2N)cc1. The fourth-order valence-electron chi connectivity index (χ4n) is 2.12. The lowest BCUT2D eigenvalue weighted by Gasteiger charge is -2.02. The van der Waals surface area contributed by atoms with E-state index in [9.17, 15) is 0 Å². The van der Waals surface area contributed by atoms with Crippen LogP contribution in [0, 0.1) is 6.92 Å². The summed E-state index contributed by atoms with van der Waals surface area (Å²) in [5.41, 5.74) is 9.50. The van der Waals surface area contributed by atoms with Crippen molar-refractivity contribution in [1.29, 1.82) is 0 Å². The summed E-state index contributed by atoms with van der Waals surface area (Å²) in [4.78, 5) is 4.31. The minimum atomic E-state index is 0.614. The average molecular weight is 280 g/mol. The third kappa shape index (κ3) is 2.58. The summed E-state index contributed by atoms with van der Waals surface area (Å²) >= 11 is 0. The molecule has 2 heterocycles. The molecule has 0 fully saturated rings. The van der Waals surface area contributed by atoms with E-state index in [-0.39, 0.29) is 0 Å². The molecule has 0 aliphatic heterocycles. The molecule has 0 bridgehead atoms. The van der Waals surface area contributed by atoms with Gasteiger partial charge < -0.3 is 10.5 Å². The average Bonchev–Trinajstić information content (AvgIpc) is 2.89. The van der Waals surface area contributed by atoms with Crippen molar-refractivity contribution in [3.8, 4) is 22.8 Å². The molecule has 2 N–H and O–H groups in total. The molecule has 0 aliphatic carbocycles. The standard InChI is InChI=1S/C16H16N4O/c1-11-7-8-18-15(9-11)20-10-14(17)16(19-20)12-3-5-13(21-2)6-4-12/h3-10H,17H2,1-2H3. The van der Waals surface area contributed by atoms with Crippen molar-refractivity contribution in [3.63, 3.8) is 0 Å². The maximum absolute atomic E-state index is 6.08. The van der Waals surface area contributed by atoms with Crippen LogP contribution in [0.4, 0.5) is 5.69 Å². The number of nitrogens with zero attached hydrogens (tertiary/aromatic N) is 3. The summed E-state index contributed by atoms with van der Waals surface area (Å²) in [5, 5.41) is 4.54. The first-order valence-electron chi connectivity index (χ1n) is 6.60. The molecule has 2 aromatic heterocycles. The van der Waals surface area contributed by atoms with Crippen LogP contribution in [0.3, 0.4) is 0 Å². The normalized spacial score (nSPS) is 10.6. The van der Waals surface area contributed by atoms with E-state index in [1.165, 1.54) is 0 Å². The van der Waals surface area contributed by atoms with Crippen LogP contribution in [-0.2, 0) is 0 Å². The van der Waals surface area contributed by atoms with Gasteiger partial charge in [0.25, 0.3) is 0 Å². The van der Waals surface area contributed by atoms with Gasteiger partial charge in [0.15, 0.2) is 5.82 Å². The zero-order valence-electron chi connectivity index (χ0n) is 11.9. The Labute approximate surface area is 123 Å². The van der Waals surface area contributed by atoms with Gasteiger partial charge in [-0.3, -0.25) is 0 Å². The molecule has 0 amide bonds. The summed E-state index contributed by atoms with van der Waals surface area (Å²) in [6.45, 7) is 2.02. The van der Waals surface area contributed by atoms with E-state index >= 15 is 0 Å². The first kappa shape index (κ1) is 13.2. The van der Waals surface area contributed by atoms with Crippen LogP contribution in [0.1, 0.15) is 5.56 Å². The highest BCUT2D eigenvalue weighted by Crippen LogP contribution is 2.26. The maximum atomic E-state index is 6.08. The Morgan fingerprint density at radius 2 is 1.90 bits per heavy atom. The van der Waals surface area contributed by atoms with Crippen LogP contribution >= 0.6 is 0 Å². The monoisotopic (exact) mass is 280 g/mol. The second-order valence-corrected chi connectivity index (χ2v) is 4.80. The van der Waals surface area contributed by atoms with Crippen molar-refractivity contribution in [2.24, 2.45) is 0 Å². The summed E-state index contributed by atoms with van der Waals surface area (Å²) in [6.07, 6.45) is 3.54. The van der Waals surface area contributed by atoms with Crippen molar-refractivity contribution in [3.05, 3.63) is 54.4 Å². The van der Waals surface area contributed by atoms with Crippen molar-refractivity contribution in [2.75, 3.05) is 12.8 Å². The van der Waals surface area contributed by atoms with Crippen molar-refractivity contribution in [2.45, 2.75) is 6.92 Å². The Bertz CT molecular complexity index is 762. The summed E-state index contributed by atoms with van der Waals surface area (Å²) in [5.74, 6) is 1.55. The van der Waals surface area contributed by atoms with Crippen LogP contribution in [-0.4, -0.2) is 21.9 Å². The van der Waals surface area contributed by atoms with Crippen LogP contribution in [0.5, 0.6) is 5.75 Å². The quantitative estimate of drug-likeness (QED) is 0.801. The van der Waals surface area contributed by atoms with Gasteiger partial charge in [0.2, 0.25) is 0 Å². The number of anilines is 1. The largest absolute Gasteiger partial charge is 0.497 e. The minimum absolute atomic E-state index is 0.614. The first-order chi connectivity index (χ1) is 10.2. The molecule has 5 heteroatoms. The molecule has 3 rings (SSSR count). The molecule has 0 atom stereocenters. The molecular formula is C16H16N4O. The maximum Gasteiger partial charge on any atom is 0.153 e. The van der Waals surface area contributed by atoms with Gasteiger partial charge in [0, 0.05) is 11.8 Å². The van der Waals surface area contributed by atoms with E-state index < -0.39 is 0 Å². The van der Waals surface area contributed by atoms with Crippen molar-refractivity contribution >= 4 is 5.69 Å². The van der Waals surface area contributed by atoms with E-state index in [4.69, 9.17) is 10.5 Å². The molecule has 5 nitrogen and oxygen atoms in total. The van der Waals surface area contributed by atoms with E-state index in [1.54, 1.807) is 24.2 Å². The second-order valence-electron chi connectivity index (χ2n) is 4.80. The van der Waals surface area contributed by atoms with Crippen LogP contribution in [0.25, 0.3) is 17.1 Å². The number of pyridine rings is 1. The Morgan fingerprint density at radius 3 is 2.57 bits per heavy atom. The number of ether oxygens (including phenoxy) is 1. The summed E-state index contributed by atoms with van der Waals surface area (Å²) in [7, 11) is 1.64. The predicted octanol–water partition coefficient (Wildman–Crippen LogP) is 2.83. The molecule has 0 saturated carbocycles. The number of rotatable bonds is 3. The van der Waals surface area contributed by atoms with Gasteiger partial charge in [-0.15, -0.1) is 0 Å². The number of aromatic nitrogens is 3. The van der Waals surface area contributed by atoms with Crippen molar-refractivity contribution in [1.82, 2.24) is 14.8 Å². The zero-order valence-corrected chi connectivity index (χ0v) is 11.9. The molecule has 106 valence electrons. The van der Waals surface area contributed by atoms with Gasteiger partial charge in [0.05, 0.1) is 19.0 Å². The van der Waals surface area contributed by atoms with Gasteiger partial charge >= 0.3 is 0 Å². The molecule has 0 unspecified atom stereocenters. The first-order valence-corrected chi connectivity index (χ1v) is 6.60. The number of methoxy groups -OCH3 is 1. The number of nitrogen functional groups attached to an aromatic ring is 1. The molecule has 0 saturated heterocycles. The van der Waals surface area contributed by atoms with Gasteiger partial charge in [-0.05, 0) is 48.9 Å². The van der Waals surface area contributed by atoms with Gasteiger partial charge in [0.1, 0.15) is 11.4 Å². The predicted molar refractivity (Wildman–Crippen MR) is 82.5 cm³/mol. The smallest absolute Gasteiger partial charge is 0.153 e. The van der Waals surface area contributed by atoms with E-state index in [0.717, 1.165) is 28.4 Å². The number of benzene rings is 1. The number of hydrogen-bond donors (Lipinski definition) is 1. The topological polar surface area (TPSA) is 66.0 Å². The highest BCUT2D eigenvalue weighted by atomic mass is 16.5. The molecule has 1 aromatic carbocycles. The van der Waals surface area contributed by atoms with Crippen molar-refractivity contribution < 1.29 is 4.74 Å². The number of nitrogens with two attached hydrogens (primary N) is 1. The van der Waals surface area contributed by atoms with E-state index in [0.29, 0.717) is 5.69 Å². The third-order valence-corrected chi connectivity index (χ3v) is 3.24. The lowest BCUT2D eigenvalue weighted by atomic mass is 10.1. The number of hydrogen-bond acceptors (Lipinski definition) is 4. The number of aryl methyl sites for hydroxylation is 1. The van der Waals surface area contributed by atoms with Crippen LogP contribution < -0.4 is 10.5 Å². The molecule has 0 spiro atoms. The fraction of sp³-hybridized carbons (Fsp3) is 0.125.